The standard InChI is InChI=1S/C14H15BrF3NO2/c15-11-5-4-10(14(16,17)18)7-9(11)8-19-6-2-1-3-12(19)13(20)21/h4-5,7,12H,1-3,6,8H2,(H,20,21). The molecule has 1 N–H and O–H groups in total. The van der Waals surface area contributed by atoms with E-state index in [2.05, 4.69) is 15.9 Å². The summed E-state index contributed by atoms with van der Waals surface area (Å²) in [5.41, 5.74) is -0.262. The number of carboxylic acids is 1. The zero-order valence-corrected chi connectivity index (χ0v) is 12.7. The maximum Gasteiger partial charge on any atom is 0.416 e. The molecule has 1 unspecified atom stereocenters. The van der Waals surface area contributed by atoms with E-state index in [9.17, 15) is 23.1 Å². The first kappa shape index (κ1) is 16.3. The SMILES string of the molecule is O=C(O)C1CCCCN1Cc1cc(C(F)(F)F)ccc1Br. The van der Waals surface area contributed by atoms with E-state index < -0.39 is 23.8 Å². The van der Waals surface area contributed by atoms with Crippen molar-refractivity contribution in [2.24, 2.45) is 0 Å². The van der Waals surface area contributed by atoms with Crippen molar-refractivity contribution in [3.8, 4) is 0 Å². The molecule has 0 spiro atoms. The number of alkyl halides is 3. The molecule has 116 valence electrons. The van der Waals surface area contributed by atoms with Gasteiger partial charge in [-0.3, -0.25) is 9.69 Å². The molecule has 1 saturated heterocycles. The minimum absolute atomic E-state index is 0.196. The topological polar surface area (TPSA) is 40.5 Å². The summed E-state index contributed by atoms with van der Waals surface area (Å²) in [6.45, 7) is 0.779. The first-order valence-electron chi connectivity index (χ1n) is 6.61. The highest BCUT2D eigenvalue weighted by atomic mass is 79.9. The Hall–Kier alpha value is -1.08. The molecule has 1 heterocycles. The van der Waals surface area contributed by atoms with E-state index in [1.807, 2.05) is 0 Å². The fourth-order valence-electron chi connectivity index (χ4n) is 2.55. The van der Waals surface area contributed by atoms with Crippen molar-refractivity contribution in [3.05, 3.63) is 33.8 Å². The van der Waals surface area contributed by atoms with E-state index in [-0.39, 0.29) is 6.54 Å². The van der Waals surface area contributed by atoms with Crippen LogP contribution in [0, 0.1) is 0 Å². The number of carbonyl (C=O) groups is 1. The molecular weight excluding hydrogens is 351 g/mol. The number of rotatable bonds is 3. The third kappa shape index (κ3) is 3.97. The van der Waals surface area contributed by atoms with Gasteiger partial charge in [-0.15, -0.1) is 0 Å². The van der Waals surface area contributed by atoms with Gasteiger partial charge in [-0.2, -0.15) is 13.2 Å². The van der Waals surface area contributed by atoms with Crippen LogP contribution in [0.4, 0.5) is 13.2 Å². The molecule has 0 amide bonds. The molecule has 1 aliphatic heterocycles. The second-order valence-corrected chi connectivity index (χ2v) is 5.98. The molecule has 1 aromatic carbocycles. The first-order chi connectivity index (χ1) is 9.79. The van der Waals surface area contributed by atoms with Crippen LogP contribution in [0.5, 0.6) is 0 Å². The number of hydrogen-bond donors (Lipinski definition) is 1. The number of nitrogens with zero attached hydrogens (tertiary/aromatic N) is 1. The Labute approximate surface area is 128 Å². The minimum atomic E-state index is -4.40. The number of benzene rings is 1. The second-order valence-electron chi connectivity index (χ2n) is 5.12. The largest absolute Gasteiger partial charge is 0.480 e. The van der Waals surface area contributed by atoms with E-state index >= 15 is 0 Å². The van der Waals surface area contributed by atoms with Crippen LogP contribution in [-0.4, -0.2) is 28.6 Å². The molecular formula is C14H15BrF3NO2. The summed E-state index contributed by atoms with van der Waals surface area (Å²) < 4.78 is 38.8. The molecule has 1 aliphatic rings. The molecule has 0 aliphatic carbocycles. The van der Waals surface area contributed by atoms with E-state index in [1.54, 1.807) is 4.90 Å². The molecule has 0 bridgehead atoms. The lowest BCUT2D eigenvalue weighted by molar-refractivity contribution is -0.145. The number of aliphatic carboxylic acids is 1. The lowest BCUT2D eigenvalue weighted by Crippen LogP contribution is -2.44. The highest BCUT2D eigenvalue weighted by Gasteiger charge is 2.32. The van der Waals surface area contributed by atoms with Gasteiger partial charge in [0.25, 0.3) is 0 Å². The Morgan fingerprint density at radius 2 is 2.10 bits per heavy atom. The normalized spacial score (nSPS) is 20.5. The Morgan fingerprint density at radius 3 is 2.71 bits per heavy atom. The lowest BCUT2D eigenvalue weighted by Gasteiger charge is -2.33. The molecule has 2 rings (SSSR count). The zero-order chi connectivity index (χ0) is 15.6. The average molecular weight is 366 g/mol. The maximum absolute atomic E-state index is 12.8. The van der Waals surface area contributed by atoms with Crippen LogP contribution in [0.15, 0.2) is 22.7 Å². The van der Waals surface area contributed by atoms with E-state index in [4.69, 9.17) is 0 Å². The van der Waals surface area contributed by atoms with Crippen LogP contribution in [-0.2, 0) is 17.5 Å². The van der Waals surface area contributed by atoms with Gasteiger partial charge in [-0.05, 0) is 43.1 Å². The molecule has 0 radical (unpaired) electrons. The summed E-state index contributed by atoms with van der Waals surface area (Å²) >= 11 is 3.24. The first-order valence-corrected chi connectivity index (χ1v) is 7.41. The van der Waals surface area contributed by atoms with Gasteiger partial charge >= 0.3 is 12.1 Å². The number of hydrogen-bond acceptors (Lipinski definition) is 2. The number of carboxylic acid groups (broad SMARTS) is 1. The Kier molecular flexibility index (Phi) is 4.93. The fraction of sp³-hybridized carbons (Fsp3) is 0.500. The van der Waals surface area contributed by atoms with Crippen molar-refractivity contribution in [2.45, 2.75) is 38.0 Å². The van der Waals surface area contributed by atoms with Gasteiger partial charge in [-0.25, -0.2) is 0 Å². The van der Waals surface area contributed by atoms with Gasteiger partial charge in [0.1, 0.15) is 6.04 Å². The highest BCUT2D eigenvalue weighted by molar-refractivity contribution is 9.10. The third-order valence-electron chi connectivity index (χ3n) is 3.65. The predicted molar refractivity (Wildman–Crippen MR) is 74.8 cm³/mol. The molecule has 7 heteroatoms. The number of piperidine rings is 1. The van der Waals surface area contributed by atoms with E-state index in [0.717, 1.165) is 25.0 Å². The van der Waals surface area contributed by atoms with Gasteiger partial charge in [-0.1, -0.05) is 22.4 Å². The molecule has 1 aromatic rings. The van der Waals surface area contributed by atoms with Crippen molar-refractivity contribution in [2.75, 3.05) is 6.54 Å². The molecule has 0 aromatic heterocycles. The van der Waals surface area contributed by atoms with Gasteiger partial charge in [0.15, 0.2) is 0 Å². The van der Waals surface area contributed by atoms with E-state index in [1.165, 1.54) is 6.07 Å². The molecule has 1 fully saturated rings. The molecule has 3 nitrogen and oxygen atoms in total. The Bertz CT molecular complexity index is 533. The minimum Gasteiger partial charge on any atom is -0.480 e. The summed E-state index contributed by atoms with van der Waals surface area (Å²) in [7, 11) is 0. The zero-order valence-electron chi connectivity index (χ0n) is 11.2. The van der Waals surface area contributed by atoms with Crippen molar-refractivity contribution < 1.29 is 23.1 Å². The second kappa shape index (κ2) is 6.36. The van der Waals surface area contributed by atoms with Gasteiger partial charge in [0, 0.05) is 11.0 Å². The van der Waals surface area contributed by atoms with Gasteiger partial charge in [0.05, 0.1) is 5.56 Å². The van der Waals surface area contributed by atoms with Crippen LogP contribution in [0.3, 0.4) is 0 Å². The summed E-state index contributed by atoms with van der Waals surface area (Å²) in [4.78, 5) is 13.0. The number of likely N-dealkylation sites (tertiary alicyclic amines) is 1. The van der Waals surface area contributed by atoms with Crippen LogP contribution in [0.25, 0.3) is 0 Å². The third-order valence-corrected chi connectivity index (χ3v) is 4.42. The van der Waals surface area contributed by atoms with Crippen molar-refractivity contribution in [1.29, 1.82) is 0 Å². The molecule has 1 atom stereocenters. The van der Waals surface area contributed by atoms with Gasteiger partial charge < -0.3 is 5.11 Å². The highest BCUT2D eigenvalue weighted by Crippen LogP contribution is 2.33. The summed E-state index contributed by atoms with van der Waals surface area (Å²) in [6, 6.07) is 2.83. The quantitative estimate of drug-likeness (QED) is 0.882. The number of halogens is 4. The summed E-state index contributed by atoms with van der Waals surface area (Å²) in [5.74, 6) is -0.919. The van der Waals surface area contributed by atoms with Crippen molar-refractivity contribution in [3.63, 3.8) is 0 Å². The fourth-order valence-corrected chi connectivity index (χ4v) is 2.92. The summed E-state index contributed by atoms with van der Waals surface area (Å²) in [6.07, 6.45) is -2.17. The van der Waals surface area contributed by atoms with Crippen LogP contribution >= 0.6 is 15.9 Å². The van der Waals surface area contributed by atoms with Gasteiger partial charge in [0.2, 0.25) is 0 Å². The average Bonchev–Trinajstić information content (AvgIpc) is 2.40. The Balaban J connectivity index is 2.23. The van der Waals surface area contributed by atoms with Crippen LogP contribution < -0.4 is 0 Å². The maximum atomic E-state index is 12.8. The Morgan fingerprint density at radius 1 is 1.38 bits per heavy atom. The van der Waals surface area contributed by atoms with E-state index in [0.29, 0.717) is 23.0 Å². The molecule has 0 saturated carbocycles. The van der Waals surface area contributed by atoms with Crippen molar-refractivity contribution >= 4 is 21.9 Å². The van der Waals surface area contributed by atoms with Crippen LogP contribution in [0.1, 0.15) is 30.4 Å². The monoisotopic (exact) mass is 365 g/mol. The lowest BCUT2D eigenvalue weighted by atomic mass is 10.0. The van der Waals surface area contributed by atoms with Crippen molar-refractivity contribution in [1.82, 2.24) is 4.90 Å². The summed E-state index contributed by atoms with van der Waals surface area (Å²) in [5, 5.41) is 9.21. The van der Waals surface area contributed by atoms with Crippen LogP contribution in [0.2, 0.25) is 0 Å². The molecule has 21 heavy (non-hydrogen) atoms. The smallest absolute Gasteiger partial charge is 0.416 e. The predicted octanol–water partition coefficient (Wildman–Crippen LogP) is 3.91.